The molecule has 0 saturated carbocycles. The van der Waals surface area contributed by atoms with Gasteiger partial charge >= 0.3 is 5.92 Å². The van der Waals surface area contributed by atoms with Crippen LogP contribution in [0.2, 0.25) is 6.04 Å². The van der Waals surface area contributed by atoms with Crippen molar-refractivity contribution in [1.82, 2.24) is 9.97 Å². The van der Waals surface area contributed by atoms with Crippen LogP contribution in [0.4, 0.5) is 13.2 Å². The Labute approximate surface area is 284 Å². The van der Waals surface area contributed by atoms with Crippen molar-refractivity contribution in [2.24, 2.45) is 11.8 Å². The number of rotatable bonds is 21. The van der Waals surface area contributed by atoms with E-state index in [1.165, 1.54) is 75.1 Å². The monoisotopic (exact) mass is 664 g/mol. The van der Waals surface area contributed by atoms with Gasteiger partial charge in [-0.25, -0.2) is 14.4 Å². The maximum Gasteiger partial charge on any atom is 0.315 e. The Bertz CT molecular complexity index is 1370. The molecule has 7 heteroatoms. The van der Waals surface area contributed by atoms with Gasteiger partial charge in [-0.2, -0.15) is 8.78 Å². The predicted molar refractivity (Wildman–Crippen MR) is 190 cm³/mol. The van der Waals surface area contributed by atoms with Gasteiger partial charge in [0.05, 0.1) is 15.1 Å². The van der Waals surface area contributed by atoms with E-state index in [-0.39, 0.29) is 23.6 Å². The third-order valence-corrected chi connectivity index (χ3v) is 11.1. The van der Waals surface area contributed by atoms with Crippen LogP contribution in [0.5, 0.6) is 5.75 Å². The smallest absolute Gasteiger partial charge is 0.315 e. The highest BCUT2D eigenvalue weighted by Crippen LogP contribution is 2.50. The lowest BCUT2D eigenvalue weighted by Gasteiger charge is -2.18. The van der Waals surface area contributed by atoms with Gasteiger partial charge in [-0.05, 0) is 42.4 Å². The third-order valence-electron chi connectivity index (χ3n) is 9.71. The number of benzene rings is 2. The molecule has 1 aliphatic heterocycles. The summed E-state index contributed by atoms with van der Waals surface area (Å²) in [6.07, 6.45) is 18.8. The minimum atomic E-state index is -3.40. The summed E-state index contributed by atoms with van der Waals surface area (Å²) in [4.78, 5) is 8.89. The number of hydrogen-bond acceptors (Lipinski definition) is 3. The SMILES string of the molecule is CCCCCCCC1Oc2ccc(-c3ncc(-c4ccccc4[Si]CCC(C)CCCCC(C)CCCCC)cn3)c(F)c2C1(F)F. The molecule has 2 aromatic carbocycles. The molecule has 3 nitrogen and oxygen atoms in total. The molecule has 0 amide bonds. The zero-order valence-corrected chi connectivity index (χ0v) is 30.1. The molecule has 3 unspecified atom stereocenters. The lowest BCUT2D eigenvalue weighted by Crippen LogP contribution is -2.30. The van der Waals surface area contributed by atoms with E-state index < -0.39 is 23.4 Å². The number of alkyl halides is 2. The fourth-order valence-corrected chi connectivity index (χ4v) is 8.21. The molecule has 0 aliphatic carbocycles. The zero-order chi connectivity index (χ0) is 33.6. The summed E-state index contributed by atoms with van der Waals surface area (Å²) in [5, 5.41) is 1.26. The molecule has 47 heavy (non-hydrogen) atoms. The van der Waals surface area contributed by atoms with Crippen molar-refractivity contribution in [3.8, 4) is 28.3 Å². The molecule has 3 atom stereocenters. The van der Waals surface area contributed by atoms with Crippen molar-refractivity contribution in [2.45, 2.75) is 142 Å². The standard InChI is InChI=1S/C40H55F3N2OSi/c1-5-7-9-10-12-22-36-40(42,43)37-34(46-36)24-23-33(38(37)41)39-44-27-31(28-45-39)32-20-15-16-21-35(32)47-26-25-30(4)19-14-13-18-29(3)17-11-8-6-2/h15-16,20-21,23-24,27-30,36H,5-14,17-19,22,25-26H2,1-4H3. The quantitative estimate of drug-likeness (QED) is 0.0840. The van der Waals surface area contributed by atoms with E-state index in [1.54, 1.807) is 12.4 Å². The summed E-state index contributed by atoms with van der Waals surface area (Å²) in [5.41, 5.74) is 1.21. The zero-order valence-electron chi connectivity index (χ0n) is 29.1. The highest BCUT2D eigenvalue weighted by Gasteiger charge is 2.53. The van der Waals surface area contributed by atoms with Gasteiger partial charge in [0.25, 0.3) is 0 Å². The first-order valence-corrected chi connectivity index (χ1v) is 19.5. The van der Waals surface area contributed by atoms with Crippen molar-refractivity contribution >= 4 is 14.7 Å². The Kier molecular flexibility index (Phi) is 14.8. The molecule has 0 spiro atoms. The number of nitrogens with zero attached hydrogens (tertiary/aromatic N) is 2. The topological polar surface area (TPSA) is 35.0 Å². The minimum absolute atomic E-state index is 0.0303. The fraction of sp³-hybridized carbons (Fsp3) is 0.600. The van der Waals surface area contributed by atoms with E-state index in [0.29, 0.717) is 21.9 Å². The van der Waals surface area contributed by atoms with E-state index >= 15 is 13.2 Å². The first-order valence-electron chi connectivity index (χ1n) is 18.3. The van der Waals surface area contributed by atoms with Crippen LogP contribution >= 0.6 is 0 Å². The second kappa shape index (κ2) is 18.8. The van der Waals surface area contributed by atoms with E-state index in [9.17, 15) is 0 Å². The van der Waals surface area contributed by atoms with Crippen LogP contribution in [0.3, 0.4) is 0 Å². The molecule has 1 aromatic heterocycles. The van der Waals surface area contributed by atoms with Crippen molar-refractivity contribution in [2.75, 3.05) is 0 Å². The number of aromatic nitrogens is 2. The first-order chi connectivity index (χ1) is 22.8. The molecule has 2 radical (unpaired) electrons. The van der Waals surface area contributed by atoms with Crippen LogP contribution < -0.4 is 9.92 Å². The number of unbranched alkanes of at least 4 members (excludes halogenated alkanes) is 7. The van der Waals surface area contributed by atoms with Gasteiger partial charge in [-0.3, -0.25) is 0 Å². The Balaban J connectivity index is 1.32. The summed E-state index contributed by atoms with van der Waals surface area (Å²) >= 11 is 0. The van der Waals surface area contributed by atoms with Gasteiger partial charge in [-0.1, -0.05) is 147 Å². The summed E-state index contributed by atoms with van der Waals surface area (Å²) in [5.74, 6) is -2.81. The largest absolute Gasteiger partial charge is 0.483 e. The van der Waals surface area contributed by atoms with Gasteiger partial charge in [0, 0.05) is 18.0 Å². The van der Waals surface area contributed by atoms with E-state index in [2.05, 4.69) is 55.9 Å². The van der Waals surface area contributed by atoms with Gasteiger partial charge in [-0.15, -0.1) is 0 Å². The maximum absolute atomic E-state index is 15.7. The predicted octanol–water partition coefficient (Wildman–Crippen LogP) is 11.7. The van der Waals surface area contributed by atoms with Crippen LogP contribution in [0, 0.1) is 17.7 Å². The number of halogens is 3. The Morgan fingerprint density at radius 3 is 2.09 bits per heavy atom. The van der Waals surface area contributed by atoms with Gasteiger partial charge in [0.15, 0.2) is 11.9 Å². The number of hydrogen-bond donors (Lipinski definition) is 0. The van der Waals surface area contributed by atoms with Crippen LogP contribution in [-0.2, 0) is 5.92 Å². The van der Waals surface area contributed by atoms with Crippen molar-refractivity contribution < 1.29 is 17.9 Å². The highest BCUT2D eigenvalue weighted by molar-refractivity contribution is 6.55. The van der Waals surface area contributed by atoms with Crippen LogP contribution in [0.15, 0.2) is 48.8 Å². The molecule has 0 saturated heterocycles. The minimum Gasteiger partial charge on any atom is -0.483 e. The summed E-state index contributed by atoms with van der Waals surface area (Å²) in [6.45, 7) is 9.17. The molecule has 0 fully saturated rings. The average molecular weight is 665 g/mol. The summed E-state index contributed by atoms with van der Waals surface area (Å²) in [6, 6.07) is 12.3. The maximum atomic E-state index is 15.7. The highest BCUT2D eigenvalue weighted by atomic mass is 28.2. The fourth-order valence-electron chi connectivity index (χ4n) is 6.67. The molecule has 256 valence electrons. The Morgan fingerprint density at radius 2 is 1.38 bits per heavy atom. The van der Waals surface area contributed by atoms with Crippen LogP contribution in [0.1, 0.15) is 130 Å². The van der Waals surface area contributed by atoms with Crippen molar-refractivity contribution in [1.29, 1.82) is 0 Å². The van der Waals surface area contributed by atoms with Gasteiger partial charge < -0.3 is 4.74 Å². The first kappa shape index (κ1) is 37.2. The normalized spacial score (nSPS) is 16.5. The number of ether oxygens (including phenoxy) is 1. The lowest BCUT2D eigenvalue weighted by atomic mass is 9.94. The Morgan fingerprint density at radius 1 is 0.766 bits per heavy atom. The van der Waals surface area contributed by atoms with E-state index in [0.717, 1.165) is 48.8 Å². The van der Waals surface area contributed by atoms with Crippen molar-refractivity contribution in [3.63, 3.8) is 0 Å². The second-order valence-electron chi connectivity index (χ2n) is 13.8. The lowest BCUT2D eigenvalue weighted by molar-refractivity contribution is -0.0811. The molecule has 0 bridgehead atoms. The summed E-state index contributed by atoms with van der Waals surface area (Å²) < 4.78 is 51.9. The molecule has 3 aromatic rings. The Hall–Kier alpha value is -2.67. The molecule has 0 N–H and O–H groups in total. The molecule has 1 aliphatic rings. The van der Waals surface area contributed by atoms with Crippen LogP contribution in [0.25, 0.3) is 22.5 Å². The third kappa shape index (κ3) is 10.4. The molecular formula is C40H55F3N2OSi. The van der Waals surface area contributed by atoms with E-state index in [1.807, 2.05) is 6.07 Å². The number of fused-ring (bicyclic) bond motifs is 1. The van der Waals surface area contributed by atoms with E-state index in [4.69, 9.17) is 4.74 Å². The molecular weight excluding hydrogens is 610 g/mol. The van der Waals surface area contributed by atoms with Crippen LogP contribution in [-0.4, -0.2) is 25.6 Å². The molecule has 4 rings (SSSR count). The summed E-state index contributed by atoms with van der Waals surface area (Å²) in [7, 11) is 0.672. The van der Waals surface area contributed by atoms with Gasteiger partial charge in [0.1, 0.15) is 17.1 Å². The average Bonchev–Trinajstić information content (AvgIpc) is 3.33. The van der Waals surface area contributed by atoms with Crippen molar-refractivity contribution in [3.05, 3.63) is 60.2 Å². The molecule has 2 heterocycles. The van der Waals surface area contributed by atoms with Gasteiger partial charge in [0.2, 0.25) is 0 Å². The second-order valence-corrected chi connectivity index (χ2v) is 15.2.